The van der Waals surface area contributed by atoms with Gasteiger partial charge in [0.1, 0.15) is 6.04 Å². The fraction of sp³-hybridized carbons (Fsp3) is 0.571. The van der Waals surface area contributed by atoms with Crippen LogP contribution < -0.4 is 5.32 Å². The summed E-state index contributed by atoms with van der Waals surface area (Å²) in [6.07, 6.45) is 0.982. The Kier molecular flexibility index (Phi) is 3.67. The molecular weight excluding hydrogens is 260 g/mol. The van der Waals surface area contributed by atoms with Crippen LogP contribution in [0.4, 0.5) is 4.79 Å². The molecule has 1 N–H and O–H groups in total. The van der Waals surface area contributed by atoms with Gasteiger partial charge in [-0.2, -0.15) is 0 Å². The molecule has 0 aliphatic carbocycles. The van der Waals surface area contributed by atoms with Gasteiger partial charge in [0.25, 0.3) is 5.91 Å². The standard InChI is InChI=1S/C14H20N2O2S/c1-5-9-6-7-10(19-9)8-16-12(17)11(14(2,3)4)15-13(16)18/h6-7,11H,5,8H2,1-4H3,(H,15,18)/t11-/m0/s1. The Bertz CT molecular complexity index is 502. The molecule has 1 saturated heterocycles. The molecule has 2 rings (SSSR count). The van der Waals surface area contributed by atoms with Crippen molar-refractivity contribution >= 4 is 23.3 Å². The largest absolute Gasteiger partial charge is 0.325 e. The molecular formula is C14H20N2O2S. The number of carbonyl (C=O) groups is 2. The zero-order valence-electron chi connectivity index (χ0n) is 11.8. The van der Waals surface area contributed by atoms with E-state index in [1.54, 1.807) is 11.3 Å². The molecule has 0 radical (unpaired) electrons. The third-order valence-electron chi connectivity index (χ3n) is 3.27. The summed E-state index contributed by atoms with van der Waals surface area (Å²) in [5.74, 6) is -0.121. The molecule has 104 valence electrons. The number of nitrogens with one attached hydrogen (secondary N) is 1. The molecule has 0 spiro atoms. The van der Waals surface area contributed by atoms with Crippen LogP contribution in [0.15, 0.2) is 12.1 Å². The molecule has 5 heteroatoms. The zero-order chi connectivity index (χ0) is 14.2. The fourth-order valence-electron chi connectivity index (χ4n) is 2.11. The molecule has 1 aliphatic heterocycles. The van der Waals surface area contributed by atoms with Crippen molar-refractivity contribution in [2.75, 3.05) is 0 Å². The Morgan fingerprint density at radius 1 is 1.26 bits per heavy atom. The van der Waals surface area contributed by atoms with E-state index in [1.807, 2.05) is 26.8 Å². The Labute approximate surface area is 117 Å². The number of thiophene rings is 1. The van der Waals surface area contributed by atoms with Crippen molar-refractivity contribution in [1.29, 1.82) is 0 Å². The molecule has 1 aromatic heterocycles. The van der Waals surface area contributed by atoms with E-state index in [9.17, 15) is 9.59 Å². The van der Waals surface area contributed by atoms with Gasteiger partial charge in [-0.15, -0.1) is 11.3 Å². The van der Waals surface area contributed by atoms with Crippen LogP contribution in [0.3, 0.4) is 0 Å². The molecule has 4 nitrogen and oxygen atoms in total. The van der Waals surface area contributed by atoms with Crippen molar-refractivity contribution in [2.24, 2.45) is 5.41 Å². The molecule has 2 heterocycles. The Morgan fingerprint density at radius 2 is 1.89 bits per heavy atom. The molecule has 0 bridgehead atoms. The number of rotatable bonds is 3. The molecule has 0 saturated carbocycles. The quantitative estimate of drug-likeness (QED) is 0.866. The number of nitrogens with zero attached hydrogens (tertiary/aromatic N) is 1. The third-order valence-corrected chi connectivity index (χ3v) is 4.49. The summed E-state index contributed by atoms with van der Waals surface area (Å²) in [5.41, 5.74) is -0.258. The smallest absolute Gasteiger partial charge is 0.325 e. The maximum absolute atomic E-state index is 12.3. The summed E-state index contributed by atoms with van der Waals surface area (Å²) in [6, 6.07) is 3.34. The monoisotopic (exact) mass is 280 g/mol. The minimum absolute atomic E-state index is 0.121. The van der Waals surface area contributed by atoms with Crippen LogP contribution in [0.5, 0.6) is 0 Å². The summed E-state index contributed by atoms with van der Waals surface area (Å²) in [7, 11) is 0. The molecule has 1 aromatic rings. The van der Waals surface area contributed by atoms with Crippen LogP contribution in [0.2, 0.25) is 0 Å². The van der Waals surface area contributed by atoms with E-state index in [4.69, 9.17) is 0 Å². The number of urea groups is 1. The molecule has 1 fully saturated rings. The highest BCUT2D eigenvalue weighted by atomic mass is 32.1. The van der Waals surface area contributed by atoms with Crippen molar-refractivity contribution in [3.8, 4) is 0 Å². The van der Waals surface area contributed by atoms with E-state index < -0.39 is 6.04 Å². The number of hydrogen-bond acceptors (Lipinski definition) is 3. The van der Waals surface area contributed by atoms with Gasteiger partial charge in [-0.3, -0.25) is 9.69 Å². The SMILES string of the molecule is CCc1ccc(CN2C(=O)N[C@H](C(C)(C)C)C2=O)s1. The second kappa shape index (κ2) is 4.96. The predicted molar refractivity (Wildman–Crippen MR) is 76.0 cm³/mol. The highest BCUT2D eigenvalue weighted by Crippen LogP contribution is 2.27. The average Bonchev–Trinajstić information content (AvgIpc) is 2.88. The highest BCUT2D eigenvalue weighted by Gasteiger charge is 2.44. The van der Waals surface area contributed by atoms with Crippen molar-refractivity contribution < 1.29 is 9.59 Å². The lowest BCUT2D eigenvalue weighted by atomic mass is 9.87. The first-order valence-corrected chi connectivity index (χ1v) is 7.34. The Balaban J connectivity index is 2.13. The minimum Gasteiger partial charge on any atom is -0.325 e. The first kappa shape index (κ1) is 14.1. The summed E-state index contributed by atoms with van der Waals surface area (Å²) in [4.78, 5) is 27.9. The lowest BCUT2D eigenvalue weighted by Gasteiger charge is -2.24. The van der Waals surface area contributed by atoms with E-state index in [1.165, 1.54) is 9.78 Å². The zero-order valence-corrected chi connectivity index (χ0v) is 12.6. The van der Waals surface area contributed by atoms with Crippen molar-refractivity contribution in [3.63, 3.8) is 0 Å². The summed E-state index contributed by atoms with van der Waals surface area (Å²) >= 11 is 1.66. The lowest BCUT2D eigenvalue weighted by molar-refractivity contribution is -0.129. The Hall–Kier alpha value is -1.36. The summed E-state index contributed by atoms with van der Waals surface area (Å²) < 4.78 is 0. The number of carbonyl (C=O) groups excluding carboxylic acids is 2. The first-order chi connectivity index (χ1) is 8.82. The van der Waals surface area contributed by atoms with E-state index in [0.29, 0.717) is 6.54 Å². The van der Waals surface area contributed by atoms with Gasteiger partial charge in [-0.1, -0.05) is 27.7 Å². The minimum atomic E-state index is -0.425. The number of hydrogen-bond donors (Lipinski definition) is 1. The van der Waals surface area contributed by atoms with Gasteiger partial charge in [-0.05, 0) is 24.0 Å². The maximum atomic E-state index is 12.3. The lowest BCUT2D eigenvalue weighted by Crippen LogP contribution is -2.41. The summed E-state index contributed by atoms with van der Waals surface area (Å²) in [5, 5.41) is 2.78. The van der Waals surface area contributed by atoms with Gasteiger partial charge < -0.3 is 5.32 Å². The molecule has 1 aliphatic rings. The number of amides is 3. The van der Waals surface area contributed by atoms with Crippen LogP contribution in [0.1, 0.15) is 37.4 Å². The Morgan fingerprint density at radius 3 is 2.37 bits per heavy atom. The predicted octanol–water partition coefficient (Wildman–Crippen LogP) is 2.78. The van der Waals surface area contributed by atoms with Crippen LogP contribution in [-0.2, 0) is 17.8 Å². The van der Waals surface area contributed by atoms with Crippen LogP contribution in [0, 0.1) is 5.41 Å². The van der Waals surface area contributed by atoms with Crippen LogP contribution in [-0.4, -0.2) is 22.9 Å². The highest BCUT2D eigenvalue weighted by molar-refractivity contribution is 7.11. The average molecular weight is 280 g/mol. The second-order valence-electron chi connectivity index (χ2n) is 5.89. The van der Waals surface area contributed by atoms with E-state index in [2.05, 4.69) is 18.3 Å². The second-order valence-corrected chi connectivity index (χ2v) is 7.15. The van der Waals surface area contributed by atoms with Crippen molar-refractivity contribution in [3.05, 3.63) is 21.9 Å². The van der Waals surface area contributed by atoms with Gasteiger partial charge in [0.15, 0.2) is 0 Å². The van der Waals surface area contributed by atoms with E-state index in [0.717, 1.165) is 11.3 Å². The van der Waals surface area contributed by atoms with Crippen LogP contribution >= 0.6 is 11.3 Å². The van der Waals surface area contributed by atoms with E-state index in [-0.39, 0.29) is 17.4 Å². The third kappa shape index (κ3) is 2.81. The van der Waals surface area contributed by atoms with Gasteiger partial charge in [0.2, 0.25) is 0 Å². The maximum Gasteiger partial charge on any atom is 0.325 e. The van der Waals surface area contributed by atoms with Crippen molar-refractivity contribution in [2.45, 2.75) is 46.7 Å². The molecule has 0 aromatic carbocycles. The molecule has 3 amide bonds. The van der Waals surface area contributed by atoms with Gasteiger partial charge in [-0.25, -0.2) is 4.79 Å². The topological polar surface area (TPSA) is 49.4 Å². The first-order valence-electron chi connectivity index (χ1n) is 6.52. The molecule has 1 atom stereocenters. The van der Waals surface area contributed by atoms with Gasteiger partial charge >= 0.3 is 6.03 Å². The summed E-state index contributed by atoms with van der Waals surface area (Å²) in [6.45, 7) is 8.35. The van der Waals surface area contributed by atoms with Gasteiger partial charge in [0, 0.05) is 9.75 Å². The van der Waals surface area contributed by atoms with Gasteiger partial charge in [0.05, 0.1) is 6.54 Å². The number of aryl methyl sites for hydroxylation is 1. The number of imide groups is 1. The molecule has 0 unspecified atom stereocenters. The normalized spacial score (nSPS) is 20.0. The van der Waals surface area contributed by atoms with E-state index >= 15 is 0 Å². The van der Waals surface area contributed by atoms with Crippen molar-refractivity contribution in [1.82, 2.24) is 10.2 Å². The fourth-order valence-corrected chi connectivity index (χ4v) is 3.06. The molecule has 19 heavy (non-hydrogen) atoms. The van der Waals surface area contributed by atoms with Crippen LogP contribution in [0.25, 0.3) is 0 Å².